The highest BCUT2D eigenvalue weighted by Crippen LogP contribution is 2.16. The van der Waals surface area contributed by atoms with Crippen molar-refractivity contribution < 1.29 is 0 Å². The Kier molecular flexibility index (Phi) is 6.15. The quantitative estimate of drug-likeness (QED) is 0.778. The van der Waals surface area contributed by atoms with Crippen molar-refractivity contribution in [1.29, 1.82) is 0 Å². The second kappa shape index (κ2) is 7.38. The molecular formula is C14H24N4S. The number of unbranched alkanes of at least 4 members (excludes halogenated alkanes) is 1. The highest BCUT2D eigenvalue weighted by Gasteiger charge is 2.16. The third kappa shape index (κ3) is 4.42. The van der Waals surface area contributed by atoms with Crippen molar-refractivity contribution in [2.75, 3.05) is 11.4 Å². The van der Waals surface area contributed by atoms with Crippen molar-refractivity contribution >= 4 is 23.2 Å². The summed E-state index contributed by atoms with van der Waals surface area (Å²) in [6, 6.07) is 2.24. The lowest BCUT2D eigenvalue weighted by Gasteiger charge is -2.29. The highest BCUT2D eigenvalue weighted by molar-refractivity contribution is 7.80. The van der Waals surface area contributed by atoms with E-state index >= 15 is 0 Å². The highest BCUT2D eigenvalue weighted by atomic mass is 32.1. The number of thiocarbonyl (C=S) groups is 1. The van der Waals surface area contributed by atoms with E-state index in [1.807, 2.05) is 13.0 Å². The second-order valence-electron chi connectivity index (χ2n) is 4.86. The van der Waals surface area contributed by atoms with Gasteiger partial charge in [0.05, 0.1) is 0 Å². The molecule has 5 heteroatoms. The molecule has 0 saturated heterocycles. The number of nitrogens with two attached hydrogens (primary N) is 1. The van der Waals surface area contributed by atoms with E-state index in [1.54, 1.807) is 0 Å². The molecule has 0 bridgehead atoms. The predicted octanol–water partition coefficient (Wildman–Crippen LogP) is 2.82. The minimum atomic E-state index is 0.325. The maximum absolute atomic E-state index is 5.68. The molecule has 1 atom stereocenters. The minimum Gasteiger partial charge on any atom is -0.388 e. The largest absolute Gasteiger partial charge is 0.388 e. The SMILES string of the molecule is CCCCN(c1nc(C)cc(C(N)=S)n1)C(C)CC. The van der Waals surface area contributed by atoms with Crippen LogP contribution in [0, 0.1) is 6.92 Å². The second-order valence-corrected chi connectivity index (χ2v) is 5.30. The summed E-state index contributed by atoms with van der Waals surface area (Å²) in [5.74, 6) is 0.741. The fourth-order valence-electron chi connectivity index (χ4n) is 1.87. The van der Waals surface area contributed by atoms with Gasteiger partial charge >= 0.3 is 0 Å². The number of aryl methyl sites for hydroxylation is 1. The summed E-state index contributed by atoms with van der Waals surface area (Å²) in [5.41, 5.74) is 7.24. The van der Waals surface area contributed by atoms with E-state index in [0.717, 1.165) is 37.4 Å². The number of hydrogen-bond donors (Lipinski definition) is 1. The van der Waals surface area contributed by atoms with E-state index in [-0.39, 0.29) is 0 Å². The number of anilines is 1. The topological polar surface area (TPSA) is 55.0 Å². The van der Waals surface area contributed by atoms with Gasteiger partial charge in [-0.25, -0.2) is 9.97 Å². The van der Waals surface area contributed by atoms with Gasteiger partial charge in [0.15, 0.2) is 0 Å². The molecule has 0 aromatic carbocycles. The van der Waals surface area contributed by atoms with Crippen LogP contribution in [-0.4, -0.2) is 27.5 Å². The number of aromatic nitrogens is 2. The molecule has 2 N–H and O–H groups in total. The van der Waals surface area contributed by atoms with Gasteiger partial charge in [-0.1, -0.05) is 32.5 Å². The normalized spacial score (nSPS) is 12.2. The molecule has 1 heterocycles. The molecular weight excluding hydrogens is 256 g/mol. The van der Waals surface area contributed by atoms with Crippen LogP contribution in [0.25, 0.3) is 0 Å². The fraction of sp³-hybridized carbons (Fsp3) is 0.643. The number of nitrogens with zero attached hydrogens (tertiary/aromatic N) is 3. The van der Waals surface area contributed by atoms with Gasteiger partial charge in [-0.2, -0.15) is 0 Å². The van der Waals surface area contributed by atoms with E-state index in [2.05, 4.69) is 35.6 Å². The summed E-state index contributed by atoms with van der Waals surface area (Å²) in [4.78, 5) is 11.6. The molecule has 0 amide bonds. The van der Waals surface area contributed by atoms with Gasteiger partial charge in [-0.3, -0.25) is 0 Å². The first kappa shape index (κ1) is 15.8. The van der Waals surface area contributed by atoms with Crippen molar-refractivity contribution in [2.24, 2.45) is 5.73 Å². The molecule has 0 saturated carbocycles. The Morgan fingerprint density at radius 3 is 2.63 bits per heavy atom. The van der Waals surface area contributed by atoms with Gasteiger partial charge in [0.1, 0.15) is 10.7 Å². The molecule has 1 aromatic rings. The van der Waals surface area contributed by atoms with E-state index in [9.17, 15) is 0 Å². The van der Waals surface area contributed by atoms with E-state index in [0.29, 0.717) is 16.7 Å². The number of hydrogen-bond acceptors (Lipinski definition) is 4. The molecule has 1 aromatic heterocycles. The molecule has 0 radical (unpaired) electrons. The number of rotatable bonds is 7. The molecule has 4 nitrogen and oxygen atoms in total. The maximum Gasteiger partial charge on any atom is 0.226 e. The summed E-state index contributed by atoms with van der Waals surface area (Å²) < 4.78 is 0. The lowest BCUT2D eigenvalue weighted by Crippen LogP contribution is -2.35. The van der Waals surface area contributed by atoms with Crippen LogP contribution in [0.4, 0.5) is 5.95 Å². The molecule has 0 spiro atoms. The van der Waals surface area contributed by atoms with Crippen molar-refractivity contribution in [3.63, 3.8) is 0 Å². The van der Waals surface area contributed by atoms with Crippen LogP contribution >= 0.6 is 12.2 Å². The van der Waals surface area contributed by atoms with Crippen LogP contribution in [0.2, 0.25) is 0 Å². The molecule has 1 rings (SSSR count). The van der Waals surface area contributed by atoms with Crippen LogP contribution in [0.5, 0.6) is 0 Å². The molecule has 106 valence electrons. The Morgan fingerprint density at radius 1 is 1.42 bits per heavy atom. The van der Waals surface area contributed by atoms with Gasteiger partial charge in [0.2, 0.25) is 5.95 Å². The maximum atomic E-state index is 5.68. The summed E-state index contributed by atoms with van der Waals surface area (Å²) in [7, 11) is 0. The minimum absolute atomic E-state index is 0.325. The average Bonchev–Trinajstić information content (AvgIpc) is 2.38. The summed E-state index contributed by atoms with van der Waals surface area (Å²) >= 11 is 5.02. The van der Waals surface area contributed by atoms with Crippen LogP contribution in [0.1, 0.15) is 51.4 Å². The van der Waals surface area contributed by atoms with Crippen molar-refractivity contribution in [2.45, 2.75) is 53.0 Å². The molecule has 0 aliphatic rings. The summed E-state index contributed by atoms with van der Waals surface area (Å²) in [6.07, 6.45) is 3.34. The lowest BCUT2D eigenvalue weighted by molar-refractivity contribution is 0.581. The Balaban J connectivity index is 3.10. The molecule has 0 aliphatic carbocycles. The van der Waals surface area contributed by atoms with Gasteiger partial charge in [-0.15, -0.1) is 0 Å². The van der Waals surface area contributed by atoms with E-state index in [1.165, 1.54) is 0 Å². The van der Waals surface area contributed by atoms with Crippen molar-refractivity contribution in [1.82, 2.24) is 9.97 Å². The fourth-order valence-corrected chi connectivity index (χ4v) is 1.98. The van der Waals surface area contributed by atoms with E-state index < -0.39 is 0 Å². The van der Waals surface area contributed by atoms with Crippen LogP contribution in [-0.2, 0) is 0 Å². The average molecular weight is 280 g/mol. The Bertz CT molecular complexity index is 433. The zero-order chi connectivity index (χ0) is 14.4. The first-order chi connectivity index (χ1) is 8.99. The first-order valence-electron chi connectivity index (χ1n) is 6.91. The van der Waals surface area contributed by atoms with Gasteiger partial charge in [0.25, 0.3) is 0 Å². The molecule has 0 fully saturated rings. The first-order valence-corrected chi connectivity index (χ1v) is 7.32. The molecule has 19 heavy (non-hydrogen) atoms. The summed E-state index contributed by atoms with van der Waals surface area (Å²) in [6.45, 7) is 9.47. The zero-order valence-corrected chi connectivity index (χ0v) is 13.1. The van der Waals surface area contributed by atoms with Gasteiger partial charge in [-0.05, 0) is 32.8 Å². The molecule has 1 unspecified atom stereocenters. The van der Waals surface area contributed by atoms with E-state index in [4.69, 9.17) is 18.0 Å². The summed E-state index contributed by atoms with van der Waals surface area (Å²) in [5, 5.41) is 0. The van der Waals surface area contributed by atoms with Crippen LogP contribution in [0.15, 0.2) is 6.07 Å². The third-order valence-corrected chi connectivity index (χ3v) is 3.44. The lowest BCUT2D eigenvalue weighted by atomic mass is 10.2. The van der Waals surface area contributed by atoms with Gasteiger partial charge in [0, 0.05) is 18.3 Å². The smallest absolute Gasteiger partial charge is 0.226 e. The van der Waals surface area contributed by atoms with Crippen molar-refractivity contribution in [3.05, 3.63) is 17.5 Å². The Hall–Kier alpha value is -1.23. The predicted molar refractivity (Wildman–Crippen MR) is 84.7 cm³/mol. The zero-order valence-electron chi connectivity index (χ0n) is 12.3. The molecule has 0 aliphatic heterocycles. The monoisotopic (exact) mass is 280 g/mol. The van der Waals surface area contributed by atoms with Gasteiger partial charge < -0.3 is 10.6 Å². The van der Waals surface area contributed by atoms with Crippen LogP contribution in [0.3, 0.4) is 0 Å². The Labute approximate surface area is 121 Å². The Morgan fingerprint density at radius 2 is 2.11 bits per heavy atom. The standard InChI is InChI=1S/C14H24N4S/c1-5-7-8-18(11(4)6-2)14-16-10(3)9-12(17-14)13(15)19/h9,11H,5-8H2,1-4H3,(H2,15,19). The van der Waals surface area contributed by atoms with Crippen molar-refractivity contribution in [3.8, 4) is 0 Å². The van der Waals surface area contributed by atoms with Crippen LogP contribution < -0.4 is 10.6 Å². The third-order valence-electron chi connectivity index (χ3n) is 3.23.